The van der Waals surface area contributed by atoms with Gasteiger partial charge in [0.1, 0.15) is 11.5 Å². The second-order valence-corrected chi connectivity index (χ2v) is 4.49. The number of ether oxygens (including phenoxy) is 2. The van der Waals surface area contributed by atoms with Crippen molar-refractivity contribution in [2.75, 3.05) is 14.2 Å². The topological polar surface area (TPSA) is 85.0 Å². The zero-order valence-corrected chi connectivity index (χ0v) is 12.0. The Bertz CT molecular complexity index is 544. The highest BCUT2D eigenvalue weighted by atomic mass is 16.5. The number of aromatic nitrogens is 4. The minimum atomic E-state index is -0.0180. The van der Waals surface area contributed by atoms with Crippen molar-refractivity contribution >= 4 is 0 Å². The lowest BCUT2D eigenvalue weighted by molar-refractivity contribution is 0.382. The summed E-state index contributed by atoms with van der Waals surface area (Å²) in [6.07, 6.45) is 0. The molecule has 0 saturated heterocycles. The third kappa shape index (κ3) is 3.05. The van der Waals surface area contributed by atoms with Gasteiger partial charge in [-0.3, -0.25) is 0 Å². The molecule has 0 aliphatic rings. The van der Waals surface area contributed by atoms with E-state index in [1.54, 1.807) is 14.2 Å². The van der Waals surface area contributed by atoms with E-state index in [0.29, 0.717) is 5.82 Å². The summed E-state index contributed by atoms with van der Waals surface area (Å²) in [6, 6.07) is 5.82. The average Bonchev–Trinajstić information content (AvgIpc) is 3.00. The molecule has 2 atom stereocenters. The Morgan fingerprint density at radius 3 is 2.55 bits per heavy atom. The lowest BCUT2D eigenvalue weighted by atomic mass is 10.1. The first-order valence-corrected chi connectivity index (χ1v) is 6.37. The smallest absolute Gasteiger partial charge is 0.191 e. The number of rotatable bonds is 6. The van der Waals surface area contributed by atoms with E-state index in [2.05, 4.69) is 32.9 Å². The molecule has 0 fully saturated rings. The first-order chi connectivity index (χ1) is 9.65. The van der Waals surface area contributed by atoms with Crippen molar-refractivity contribution in [3.8, 4) is 11.5 Å². The van der Waals surface area contributed by atoms with Gasteiger partial charge in [-0.05, 0) is 19.9 Å². The lowest BCUT2D eigenvalue weighted by Crippen LogP contribution is -2.23. The van der Waals surface area contributed by atoms with Crippen LogP contribution in [0, 0.1) is 0 Å². The van der Waals surface area contributed by atoms with E-state index in [1.807, 2.05) is 25.1 Å². The van der Waals surface area contributed by atoms with Gasteiger partial charge >= 0.3 is 0 Å². The van der Waals surface area contributed by atoms with Crippen molar-refractivity contribution in [3.63, 3.8) is 0 Å². The van der Waals surface area contributed by atoms with Crippen molar-refractivity contribution in [3.05, 3.63) is 29.6 Å². The zero-order valence-electron chi connectivity index (χ0n) is 12.0. The van der Waals surface area contributed by atoms with E-state index in [1.165, 1.54) is 0 Å². The fraction of sp³-hybridized carbons (Fsp3) is 0.462. The van der Waals surface area contributed by atoms with Crippen molar-refractivity contribution in [2.24, 2.45) is 0 Å². The molecule has 0 radical (unpaired) electrons. The molecule has 2 rings (SSSR count). The number of tetrazole rings is 1. The van der Waals surface area contributed by atoms with Crippen molar-refractivity contribution in [1.29, 1.82) is 0 Å². The summed E-state index contributed by atoms with van der Waals surface area (Å²) in [7, 11) is 3.28. The van der Waals surface area contributed by atoms with Crippen LogP contribution in [0.3, 0.4) is 0 Å². The number of nitrogens with one attached hydrogen (secondary N) is 2. The quantitative estimate of drug-likeness (QED) is 0.834. The van der Waals surface area contributed by atoms with Gasteiger partial charge in [-0.1, -0.05) is 11.3 Å². The minimum Gasteiger partial charge on any atom is -0.497 e. The van der Waals surface area contributed by atoms with Gasteiger partial charge in [-0.2, -0.15) is 5.21 Å². The maximum absolute atomic E-state index is 5.41. The molecule has 7 heteroatoms. The highest BCUT2D eigenvalue weighted by Gasteiger charge is 2.17. The van der Waals surface area contributed by atoms with Gasteiger partial charge in [0, 0.05) is 17.7 Å². The Labute approximate surface area is 117 Å². The van der Waals surface area contributed by atoms with E-state index in [4.69, 9.17) is 9.47 Å². The molecule has 1 aromatic carbocycles. The van der Waals surface area contributed by atoms with Gasteiger partial charge in [0.15, 0.2) is 5.82 Å². The number of aromatic amines is 1. The van der Waals surface area contributed by atoms with Crippen LogP contribution in [-0.4, -0.2) is 34.8 Å². The fourth-order valence-electron chi connectivity index (χ4n) is 2.07. The SMILES string of the molecule is COc1ccc(C(C)NC(C)c2nn[nH]n2)c(OC)c1. The number of methoxy groups -OCH3 is 2. The molecule has 0 saturated carbocycles. The third-order valence-electron chi connectivity index (χ3n) is 3.16. The molecule has 0 bridgehead atoms. The van der Waals surface area contributed by atoms with Gasteiger partial charge in [0.2, 0.25) is 0 Å². The molecule has 108 valence electrons. The second kappa shape index (κ2) is 6.33. The zero-order chi connectivity index (χ0) is 14.5. The van der Waals surface area contributed by atoms with Crippen LogP contribution in [0.1, 0.15) is 37.3 Å². The molecule has 2 N–H and O–H groups in total. The van der Waals surface area contributed by atoms with E-state index in [0.717, 1.165) is 17.1 Å². The minimum absolute atomic E-state index is 0.0180. The Kier molecular flexibility index (Phi) is 4.52. The molecule has 2 unspecified atom stereocenters. The Balaban J connectivity index is 2.14. The molecule has 1 aromatic heterocycles. The highest BCUT2D eigenvalue weighted by molar-refractivity contribution is 5.42. The van der Waals surface area contributed by atoms with Gasteiger partial charge in [0.05, 0.1) is 20.3 Å². The summed E-state index contributed by atoms with van der Waals surface area (Å²) < 4.78 is 10.6. The van der Waals surface area contributed by atoms with Crippen LogP contribution >= 0.6 is 0 Å². The summed E-state index contributed by atoms with van der Waals surface area (Å²) in [5, 5.41) is 17.4. The highest BCUT2D eigenvalue weighted by Crippen LogP contribution is 2.30. The summed E-state index contributed by atoms with van der Waals surface area (Å²) in [4.78, 5) is 0. The van der Waals surface area contributed by atoms with Crippen LogP contribution in [0.15, 0.2) is 18.2 Å². The molecule has 1 heterocycles. The Morgan fingerprint density at radius 2 is 1.95 bits per heavy atom. The monoisotopic (exact) mass is 277 g/mol. The van der Waals surface area contributed by atoms with E-state index in [-0.39, 0.29) is 12.1 Å². The summed E-state index contributed by atoms with van der Waals surface area (Å²) >= 11 is 0. The van der Waals surface area contributed by atoms with E-state index >= 15 is 0 Å². The molecule has 2 aromatic rings. The maximum Gasteiger partial charge on any atom is 0.191 e. The lowest BCUT2D eigenvalue weighted by Gasteiger charge is -2.20. The molecule has 0 aliphatic heterocycles. The van der Waals surface area contributed by atoms with Crippen LogP contribution in [0.25, 0.3) is 0 Å². The fourth-order valence-corrected chi connectivity index (χ4v) is 2.07. The number of hydrogen-bond donors (Lipinski definition) is 2. The first-order valence-electron chi connectivity index (χ1n) is 6.37. The molecular weight excluding hydrogens is 258 g/mol. The number of H-pyrrole nitrogens is 1. The number of nitrogens with zero attached hydrogens (tertiary/aromatic N) is 3. The number of hydrogen-bond acceptors (Lipinski definition) is 6. The van der Waals surface area contributed by atoms with Crippen LogP contribution in [-0.2, 0) is 0 Å². The van der Waals surface area contributed by atoms with Gasteiger partial charge < -0.3 is 14.8 Å². The standard InChI is InChI=1S/C13H19N5O2/c1-8(14-9(2)13-15-17-18-16-13)11-6-5-10(19-3)7-12(11)20-4/h5-9,14H,1-4H3,(H,15,16,17,18). The molecule has 7 nitrogen and oxygen atoms in total. The van der Waals surface area contributed by atoms with Crippen LogP contribution in [0.2, 0.25) is 0 Å². The maximum atomic E-state index is 5.41. The number of benzene rings is 1. The average molecular weight is 277 g/mol. The second-order valence-electron chi connectivity index (χ2n) is 4.49. The predicted molar refractivity (Wildman–Crippen MR) is 73.7 cm³/mol. The van der Waals surface area contributed by atoms with Gasteiger partial charge in [-0.25, -0.2) is 0 Å². The van der Waals surface area contributed by atoms with Crippen LogP contribution in [0.5, 0.6) is 11.5 Å². The molecular formula is C13H19N5O2. The van der Waals surface area contributed by atoms with Gasteiger partial charge in [0.25, 0.3) is 0 Å². The summed E-state index contributed by atoms with van der Waals surface area (Å²) in [6.45, 7) is 4.04. The van der Waals surface area contributed by atoms with E-state index in [9.17, 15) is 0 Å². The van der Waals surface area contributed by atoms with Crippen LogP contribution in [0.4, 0.5) is 0 Å². The molecule has 0 amide bonds. The van der Waals surface area contributed by atoms with Crippen molar-refractivity contribution in [1.82, 2.24) is 25.9 Å². The predicted octanol–water partition coefficient (Wildman–Crippen LogP) is 1.63. The molecule has 0 aliphatic carbocycles. The van der Waals surface area contributed by atoms with Crippen LogP contribution < -0.4 is 14.8 Å². The van der Waals surface area contributed by atoms with E-state index < -0.39 is 0 Å². The van der Waals surface area contributed by atoms with Crippen molar-refractivity contribution in [2.45, 2.75) is 25.9 Å². The largest absolute Gasteiger partial charge is 0.497 e. The van der Waals surface area contributed by atoms with Crippen molar-refractivity contribution < 1.29 is 9.47 Å². The Hall–Kier alpha value is -2.15. The first kappa shape index (κ1) is 14.3. The summed E-state index contributed by atoms with van der Waals surface area (Å²) in [5.41, 5.74) is 1.05. The normalized spacial score (nSPS) is 13.8. The molecule has 0 spiro atoms. The van der Waals surface area contributed by atoms with Gasteiger partial charge in [-0.15, -0.1) is 10.2 Å². The summed E-state index contributed by atoms with van der Waals surface area (Å²) in [5.74, 6) is 2.18. The Morgan fingerprint density at radius 1 is 1.15 bits per heavy atom. The third-order valence-corrected chi connectivity index (χ3v) is 3.16. The molecule has 20 heavy (non-hydrogen) atoms.